The summed E-state index contributed by atoms with van der Waals surface area (Å²) in [6.45, 7) is 0. The van der Waals surface area contributed by atoms with Gasteiger partial charge in [-0.05, 0) is 31.4 Å². The molecule has 2 atom stereocenters. The lowest BCUT2D eigenvalue weighted by molar-refractivity contribution is 0.386. The second-order valence-electron chi connectivity index (χ2n) is 4.90. The first kappa shape index (κ1) is 14.1. The van der Waals surface area contributed by atoms with E-state index in [0.717, 1.165) is 12.8 Å². The maximum atomic E-state index is 13.3. The molecule has 0 spiro atoms. The molecule has 19 heavy (non-hydrogen) atoms. The fourth-order valence-corrected chi connectivity index (χ4v) is 3.96. The molecular formula is C13H18FNO3S. The first-order valence-corrected chi connectivity index (χ1v) is 8.16. The van der Waals surface area contributed by atoms with Gasteiger partial charge in [0, 0.05) is 24.1 Å². The lowest BCUT2D eigenvalue weighted by Gasteiger charge is -2.21. The van der Waals surface area contributed by atoms with E-state index in [1.165, 1.54) is 19.4 Å². The number of hydrogen-bond donors (Lipinski definition) is 1. The van der Waals surface area contributed by atoms with Crippen molar-refractivity contribution in [3.8, 4) is 5.75 Å². The molecule has 4 nitrogen and oxygen atoms in total. The van der Waals surface area contributed by atoms with E-state index >= 15 is 0 Å². The molecule has 0 amide bonds. The second-order valence-corrected chi connectivity index (χ2v) is 7.16. The molecule has 0 saturated heterocycles. The van der Waals surface area contributed by atoms with Gasteiger partial charge in [-0.1, -0.05) is 0 Å². The predicted octanol–water partition coefficient (Wildman–Crippen LogP) is 2.21. The van der Waals surface area contributed by atoms with Crippen molar-refractivity contribution < 1.29 is 17.5 Å². The summed E-state index contributed by atoms with van der Waals surface area (Å²) in [4.78, 5) is 0. The van der Waals surface area contributed by atoms with Crippen LogP contribution in [0.15, 0.2) is 18.2 Å². The Morgan fingerprint density at radius 2 is 2.11 bits per heavy atom. The molecule has 2 unspecified atom stereocenters. The van der Waals surface area contributed by atoms with Crippen molar-refractivity contribution in [2.75, 3.05) is 18.7 Å². The van der Waals surface area contributed by atoms with Gasteiger partial charge in [-0.2, -0.15) is 0 Å². The van der Waals surface area contributed by atoms with Gasteiger partial charge in [-0.25, -0.2) is 12.8 Å². The molecule has 1 saturated carbocycles. The standard InChI is InChI=1S/C13H18FNO3S/c1-18-12-8-9(6-7-10(12)14)15-11-4-3-5-13(11)19(2,16)17/h6-8,11,13,15H,3-5H2,1-2H3. The summed E-state index contributed by atoms with van der Waals surface area (Å²) in [5.74, 6) is -0.280. The highest BCUT2D eigenvalue weighted by Gasteiger charge is 2.34. The fraction of sp³-hybridized carbons (Fsp3) is 0.538. The number of rotatable bonds is 4. The van der Waals surface area contributed by atoms with E-state index in [4.69, 9.17) is 4.74 Å². The average molecular weight is 287 g/mol. The highest BCUT2D eigenvalue weighted by molar-refractivity contribution is 7.91. The summed E-state index contributed by atoms with van der Waals surface area (Å²) < 4.78 is 41.6. The lowest BCUT2D eigenvalue weighted by Crippen LogP contribution is -2.34. The minimum Gasteiger partial charge on any atom is -0.494 e. The molecule has 1 fully saturated rings. The number of anilines is 1. The minimum atomic E-state index is -3.06. The number of halogens is 1. The average Bonchev–Trinajstić information content (AvgIpc) is 2.79. The molecule has 0 heterocycles. The molecule has 0 radical (unpaired) electrons. The van der Waals surface area contributed by atoms with Crippen molar-refractivity contribution in [2.45, 2.75) is 30.6 Å². The summed E-state index contributed by atoms with van der Waals surface area (Å²) in [7, 11) is -1.66. The van der Waals surface area contributed by atoms with Crippen molar-refractivity contribution in [1.82, 2.24) is 0 Å². The van der Waals surface area contributed by atoms with Gasteiger partial charge in [0.15, 0.2) is 21.4 Å². The Morgan fingerprint density at radius 1 is 1.37 bits per heavy atom. The first-order valence-electron chi connectivity index (χ1n) is 6.21. The quantitative estimate of drug-likeness (QED) is 0.922. The minimum absolute atomic E-state index is 0.120. The summed E-state index contributed by atoms with van der Waals surface area (Å²) in [5, 5.41) is 2.80. The van der Waals surface area contributed by atoms with E-state index in [9.17, 15) is 12.8 Å². The number of nitrogens with one attached hydrogen (secondary N) is 1. The largest absolute Gasteiger partial charge is 0.494 e. The third kappa shape index (κ3) is 3.18. The van der Waals surface area contributed by atoms with Crippen LogP contribution < -0.4 is 10.1 Å². The molecule has 0 aromatic heterocycles. The molecule has 1 aromatic rings. The van der Waals surface area contributed by atoms with Crippen LogP contribution in [0.1, 0.15) is 19.3 Å². The summed E-state index contributed by atoms with van der Waals surface area (Å²) in [5.41, 5.74) is 0.679. The Labute approximate surface area is 112 Å². The molecular weight excluding hydrogens is 269 g/mol. The number of sulfone groups is 1. The SMILES string of the molecule is COc1cc(NC2CCCC2S(C)(=O)=O)ccc1F. The van der Waals surface area contributed by atoms with Crippen molar-refractivity contribution in [2.24, 2.45) is 0 Å². The van der Waals surface area contributed by atoms with Gasteiger partial charge < -0.3 is 10.1 Å². The predicted molar refractivity (Wildman–Crippen MR) is 72.8 cm³/mol. The second kappa shape index (κ2) is 5.36. The highest BCUT2D eigenvalue weighted by Crippen LogP contribution is 2.29. The van der Waals surface area contributed by atoms with Crippen LogP contribution in [0.4, 0.5) is 10.1 Å². The van der Waals surface area contributed by atoms with Crippen LogP contribution in [0.25, 0.3) is 0 Å². The molecule has 1 aliphatic carbocycles. The molecule has 1 aliphatic rings. The van der Waals surface area contributed by atoms with Crippen LogP contribution in [0.5, 0.6) is 5.75 Å². The Bertz CT molecular complexity index is 559. The zero-order valence-corrected chi connectivity index (χ0v) is 11.8. The van der Waals surface area contributed by atoms with Crippen LogP contribution in [-0.4, -0.2) is 33.1 Å². The zero-order valence-electron chi connectivity index (χ0n) is 11.0. The number of methoxy groups -OCH3 is 1. The molecule has 2 rings (SSSR count). The zero-order chi connectivity index (χ0) is 14.0. The molecule has 0 aliphatic heterocycles. The Hall–Kier alpha value is -1.30. The molecule has 6 heteroatoms. The molecule has 1 aromatic carbocycles. The van der Waals surface area contributed by atoms with Gasteiger partial charge in [-0.3, -0.25) is 0 Å². The summed E-state index contributed by atoms with van der Waals surface area (Å²) in [6, 6.07) is 4.33. The summed E-state index contributed by atoms with van der Waals surface area (Å²) >= 11 is 0. The normalized spacial score (nSPS) is 23.3. The number of ether oxygens (including phenoxy) is 1. The van der Waals surface area contributed by atoms with Gasteiger partial charge in [0.2, 0.25) is 0 Å². The molecule has 0 bridgehead atoms. The highest BCUT2D eigenvalue weighted by atomic mass is 32.2. The van der Waals surface area contributed by atoms with Crippen molar-refractivity contribution in [3.63, 3.8) is 0 Å². The molecule has 1 N–H and O–H groups in total. The molecule has 106 valence electrons. The smallest absolute Gasteiger partial charge is 0.165 e. The van der Waals surface area contributed by atoms with Gasteiger partial charge in [-0.15, -0.1) is 0 Å². The van der Waals surface area contributed by atoms with Crippen LogP contribution in [0, 0.1) is 5.82 Å². The summed E-state index contributed by atoms with van der Waals surface area (Å²) in [6.07, 6.45) is 3.63. The van der Waals surface area contributed by atoms with E-state index in [2.05, 4.69) is 5.32 Å². The van der Waals surface area contributed by atoms with Gasteiger partial charge in [0.25, 0.3) is 0 Å². The third-order valence-electron chi connectivity index (χ3n) is 3.51. The van der Waals surface area contributed by atoms with E-state index in [1.807, 2.05) is 0 Å². The van der Waals surface area contributed by atoms with E-state index < -0.39 is 15.7 Å². The van der Waals surface area contributed by atoms with Crippen LogP contribution in [-0.2, 0) is 9.84 Å². The van der Waals surface area contributed by atoms with Crippen molar-refractivity contribution >= 4 is 15.5 Å². The van der Waals surface area contributed by atoms with Gasteiger partial charge >= 0.3 is 0 Å². The first-order chi connectivity index (χ1) is 8.91. The fourth-order valence-electron chi connectivity index (χ4n) is 2.57. The van der Waals surface area contributed by atoms with Gasteiger partial charge in [0.1, 0.15) is 0 Å². The van der Waals surface area contributed by atoms with Crippen molar-refractivity contribution in [1.29, 1.82) is 0 Å². The number of hydrogen-bond acceptors (Lipinski definition) is 4. The van der Waals surface area contributed by atoms with Crippen LogP contribution >= 0.6 is 0 Å². The Kier molecular flexibility index (Phi) is 3.99. The Morgan fingerprint density at radius 3 is 2.74 bits per heavy atom. The monoisotopic (exact) mass is 287 g/mol. The lowest BCUT2D eigenvalue weighted by atomic mass is 10.2. The maximum absolute atomic E-state index is 13.3. The van der Waals surface area contributed by atoms with E-state index in [-0.39, 0.29) is 17.0 Å². The topological polar surface area (TPSA) is 55.4 Å². The van der Waals surface area contributed by atoms with Gasteiger partial charge in [0.05, 0.1) is 12.4 Å². The Balaban J connectivity index is 2.17. The number of benzene rings is 1. The van der Waals surface area contributed by atoms with E-state index in [0.29, 0.717) is 12.1 Å². The van der Waals surface area contributed by atoms with Crippen molar-refractivity contribution in [3.05, 3.63) is 24.0 Å². The van der Waals surface area contributed by atoms with Crippen LogP contribution in [0.3, 0.4) is 0 Å². The van der Waals surface area contributed by atoms with E-state index in [1.54, 1.807) is 12.1 Å². The maximum Gasteiger partial charge on any atom is 0.165 e. The third-order valence-corrected chi connectivity index (χ3v) is 5.17. The van der Waals surface area contributed by atoms with Crippen LogP contribution in [0.2, 0.25) is 0 Å².